The molecular formula is C15H23N3O. The van der Waals surface area contributed by atoms with E-state index in [1.54, 1.807) is 0 Å². The zero-order valence-electron chi connectivity index (χ0n) is 12.1. The third-order valence-corrected chi connectivity index (χ3v) is 4.28. The first-order chi connectivity index (χ1) is 9.02. The van der Waals surface area contributed by atoms with Gasteiger partial charge in [-0.2, -0.15) is 5.10 Å². The monoisotopic (exact) mass is 261 g/mol. The third kappa shape index (κ3) is 2.73. The van der Waals surface area contributed by atoms with Crippen LogP contribution in [-0.4, -0.2) is 40.8 Å². The minimum absolute atomic E-state index is 0.0428. The van der Waals surface area contributed by atoms with Gasteiger partial charge in [-0.3, -0.25) is 4.90 Å². The van der Waals surface area contributed by atoms with Crippen LogP contribution in [0.15, 0.2) is 12.1 Å². The van der Waals surface area contributed by atoms with Gasteiger partial charge in [-0.1, -0.05) is 20.8 Å². The van der Waals surface area contributed by atoms with Crippen LogP contribution in [0.5, 0.6) is 5.88 Å². The molecule has 3 fully saturated rings. The standard InChI is InChI=1S/C15H23N3O/c1-15(2,3)13-4-5-14(17-16-13)19-12-10-18-8-6-11(12)7-9-18/h4-5,11-12H,6-10H2,1-3H3. The molecule has 0 aromatic carbocycles. The highest BCUT2D eigenvalue weighted by Crippen LogP contribution is 2.30. The van der Waals surface area contributed by atoms with Crippen molar-refractivity contribution in [3.05, 3.63) is 17.8 Å². The van der Waals surface area contributed by atoms with Crippen molar-refractivity contribution in [2.75, 3.05) is 19.6 Å². The first-order valence-corrected chi connectivity index (χ1v) is 7.25. The van der Waals surface area contributed by atoms with Crippen LogP contribution in [0.4, 0.5) is 0 Å². The molecule has 4 heteroatoms. The van der Waals surface area contributed by atoms with E-state index in [1.807, 2.05) is 12.1 Å². The van der Waals surface area contributed by atoms with Gasteiger partial charge in [0, 0.05) is 18.0 Å². The summed E-state index contributed by atoms with van der Waals surface area (Å²) in [6.45, 7) is 9.95. The topological polar surface area (TPSA) is 38.2 Å². The largest absolute Gasteiger partial charge is 0.472 e. The van der Waals surface area contributed by atoms with Crippen LogP contribution in [-0.2, 0) is 5.41 Å². The molecule has 3 aliphatic rings. The van der Waals surface area contributed by atoms with Crippen molar-refractivity contribution in [3.8, 4) is 5.88 Å². The van der Waals surface area contributed by atoms with Gasteiger partial charge >= 0.3 is 0 Å². The van der Waals surface area contributed by atoms with Crippen molar-refractivity contribution >= 4 is 0 Å². The molecule has 0 radical (unpaired) electrons. The van der Waals surface area contributed by atoms with Gasteiger partial charge in [0.25, 0.3) is 0 Å². The van der Waals surface area contributed by atoms with E-state index in [0.29, 0.717) is 17.9 Å². The fourth-order valence-corrected chi connectivity index (χ4v) is 2.98. The van der Waals surface area contributed by atoms with Gasteiger partial charge in [-0.25, -0.2) is 0 Å². The summed E-state index contributed by atoms with van der Waals surface area (Å²) in [6.07, 6.45) is 2.83. The molecule has 4 heterocycles. The number of fused-ring (bicyclic) bond motifs is 3. The maximum absolute atomic E-state index is 6.04. The first kappa shape index (κ1) is 12.9. The molecule has 19 heavy (non-hydrogen) atoms. The van der Waals surface area contributed by atoms with E-state index in [0.717, 1.165) is 12.2 Å². The molecule has 1 aromatic rings. The van der Waals surface area contributed by atoms with Crippen molar-refractivity contribution in [2.45, 2.75) is 45.1 Å². The zero-order chi connectivity index (χ0) is 13.5. The Kier molecular flexibility index (Phi) is 3.21. The number of hydrogen-bond donors (Lipinski definition) is 0. The summed E-state index contributed by atoms with van der Waals surface area (Å²) in [5.41, 5.74) is 1.05. The number of piperidine rings is 3. The Labute approximate surface area is 115 Å². The van der Waals surface area contributed by atoms with E-state index < -0.39 is 0 Å². The Morgan fingerprint density at radius 2 is 1.89 bits per heavy atom. The predicted octanol–water partition coefficient (Wildman–Crippen LogP) is 2.25. The molecule has 0 amide bonds. The summed E-state index contributed by atoms with van der Waals surface area (Å²) >= 11 is 0. The molecule has 3 aliphatic heterocycles. The second-order valence-electron chi connectivity index (χ2n) is 6.80. The molecule has 1 atom stereocenters. The first-order valence-electron chi connectivity index (χ1n) is 7.25. The van der Waals surface area contributed by atoms with Crippen molar-refractivity contribution in [1.29, 1.82) is 0 Å². The van der Waals surface area contributed by atoms with Crippen LogP contribution < -0.4 is 4.74 Å². The molecule has 0 spiro atoms. The quantitative estimate of drug-likeness (QED) is 0.818. The average Bonchev–Trinajstić information content (AvgIpc) is 2.40. The Hall–Kier alpha value is -1.16. The van der Waals surface area contributed by atoms with Gasteiger partial charge in [-0.15, -0.1) is 5.10 Å². The molecule has 4 rings (SSSR count). The lowest BCUT2D eigenvalue weighted by Gasteiger charge is -2.44. The van der Waals surface area contributed by atoms with Crippen LogP contribution in [0.1, 0.15) is 39.3 Å². The van der Waals surface area contributed by atoms with Gasteiger partial charge in [0.15, 0.2) is 0 Å². The normalized spacial score (nSPS) is 30.4. The Bertz CT molecular complexity index is 430. The zero-order valence-corrected chi connectivity index (χ0v) is 12.1. The Morgan fingerprint density at radius 3 is 2.37 bits per heavy atom. The molecular weight excluding hydrogens is 238 g/mol. The summed E-state index contributed by atoms with van der Waals surface area (Å²) in [5, 5.41) is 8.52. The van der Waals surface area contributed by atoms with Crippen LogP contribution in [0, 0.1) is 5.92 Å². The van der Waals surface area contributed by atoms with Gasteiger partial charge < -0.3 is 4.74 Å². The van der Waals surface area contributed by atoms with E-state index >= 15 is 0 Å². The Balaban J connectivity index is 1.67. The smallest absolute Gasteiger partial charge is 0.233 e. The SMILES string of the molecule is CC(C)(C)c1ccc(OC2CN3CCC2CC3)nn1. The highest BCUT2D eigenvalue weighted by Gasteiger charge is 2.35. The van der Waals surface area contributed by atoms with Gasteiger partial charge in [0.05, 0.1) is 5.69 Å². The minimum atomic E-state index is 0.0428. The van der Waals surface area contributed by atoms with Gasteiger partial charge in [-0.05, 0) is 37.9 Å². The van der Waals surface area contributed by atoms with Crippen LogP contribution in [0.2, 0.25) is 0 Å². The van der Waals surface area contributed by atoms with Crippen molar-refractivity contribution in [2.24, 2.45) is 5.92 Å². The molecule has 0 aliphatic carbocycles. The second-order valence-corrected chi connectivity index (χ2v) is 6.80. The van der Waals surface area contributed by atoms with Crippen molar-refractivity contribution in [3.63, 3.8) is 0 Å². The summed E-state index contributed by atoms with van der Waals surface area (Å²) in [7, 11) is 0. The molecule has 0 N–H and O–H groups in total. The molecule has 104 valence electrons. The van der Waals surface area contributed by atoms with Crippen LogP contribution in [0.25, 0.3) is 0 Å². The van der Waals surface area contributed by atoms with Crippen LogP contribution in [0.3, 0.4) is 0 Å². The highest BCUT2D eigenvalue weighted by molar-refractivity contribution is 5.17. The fourth-order valence-electron chi connectivity index (χ4n) is 2.98. The molecule has 4 nitrogen and oxygen atoms in total. The van der Waals surface area contributed by atoms with E-state index in [-0.39, 0.29) is 5.41 Å². The van der Waals surface area contributed by atoms with Gasteiger partial charge in [0.2, 0.25) is 5.88 Å². The number of rotatable bonds is 2. The third-order valence-electron chi connectivity index (χ3n) is 4.28. The molecule has 1 aromatic heterocycles. The Morgan fingerprint density at radius 1 is 1.16 bits per heavy atom. The van der Waals surface area contributed by atoms with Crippen LogP contribution >= 0.6 is 0 Å². The maximum atomic E-state index is 6.04. The van der Waals surface area contributed by atoms with Crippen molar-refractivity contribution < 1.29 is 4.74 Å². The fraction of sp³-hybridized carbons (Fsp3) is 0.733. The van der Waals surface area contributed by atoms with Crippen molar-refractivity contribution in [1.82, 2.24) is 15.1 Å². The molecule has 2 bridgehead atoms. The van der Waals surface area contributed by atoms with E-state index in [1.165, 1.54) is 25.9 Å². The number of nitrogens with zero attached hydrogens (tertiary/aromatic N) is 3. The van der Waals surface area contributed by atoms with E-state index in [9.17, 15) is 0 Å². The van der Waals surface area contributed by atoms with E-state index in [2.05, 4.69) is 35.9 Å². The summed E-state index contributed by atoms with van der Waals surface area (Å²) in [4.78, 5) is 2.49. The van der Waals surface area contributed by atoms with E-state index in [4.69, 9.17) is 4.74 Å². The summed E-state index contributed by atoms with van der Waals surface area (Å²) in [6, 6.07) is 3.99. The van der Waals surface area contributed by atoms with Gasteiger partial charge in [0.1, 0.15) is 6.10 Å². The minimum Gasteiger partial charge on any atom is -0.472 e. The molecule has 3 saturated heterocycles. The lowest BCUT2D eigenvalue weighted by molar-refractivity contribution is -0.0104. The molecule has 0 saturated carbocycles. The lowest BCUT2D eigenvalue weighted by atomic mass is 9.86. The second kappa shape index (κ2) is 4.75. The summed E-state index contributed by atoms with van der Waals surface area (Å²) < 4.78 is 6.04. The highest BCUT2D eigenvalue weighted by atomic mass is 16.5. The average molecular weight is 261 g/mol. The lowest BCUT2D eigenvalue weighted by Crippen LogP contribution is -2.52. The predicted molar refractivity (Wildman–Crippen MR) is 74.3 cm³/mol. The number of aromatic nitrogens is 2. The summed E-state index contributed by atoms with van der Waals surface area (Å²) in [5.74, 6) is 1.38. The number of hydrogen-bond acceptors (Lipinski definition) is 4. The molecule has 1 unspecified atom stereocenters. The number of ether oxygens (including phenoxy) is 1. The maximum Gasteiger partial charge on any atom is 0.233 e.